The molecule has 0 amide bonds. The van der Waals surface area contributed by atoms with Crippen LogP contribution in [0.3, 0.4) is 0 Å². The summed E-state index contributed by atoms with van der Waals surface area (Å²) >= 11 is 9.47. The maximum atomic E-state index is 6.12. The fourth-order valence-electron chi connectivity index (χ4n) is 1.77. The van der Waals surface area contributed by atoms with E-state index in [0.29, 0.717) is 0 Å². The van der Waals surface area contributed by atoms with Crippen LogP contribution < -0.4 is 4.90 Å². The van der Waals surface area contributed by atoms with E-state index in [1.807, 2.05) is 6.07 Å². The van der Waals surface area contributed by atoms with Crippen LogP contribution in [0, 0.1) is 5.92 Å². The highest BCUT2D eigenvalue weighted by molar-refractivity contribution is 9.10. The van der Waals surface area contributed by atoms with Gasteiger partial charge in [0.1, 0.15) is 5.82 Å². The Morgan fingerprint density at radius 1 is 1.64 bits per heavy atom. The highest BCUT2D eigenvalue weighted by atomic mass is 79.9. The molecule has 1 aliphatic rings. The zero-order valence-corrected chi connectivity index (χ0v) is 10.3. The van der Waals surface area contributed by atoms with Crippen molar-refractivity contribution in [2.24, 2.45) is 5.92 Å². The summed E-state index contributed by atoms with van der Waals surface area (Å²) in [6, 6.07) is 1.90. The molecule has 0 spiro atoms. The van der Waals surface area contributed by atoms with Crippen LogP contribution >= 0.6 is 27.5 Å². The summed E-state index contributed by atoms with van der Waals surface area (Å²) in [5.74, 6) is 1.66. The van der Waals surface area contributed by atoms with E-state index in [2.05, 4.69) is 32.7 Å². The van der Waals surface area contributed by atoms with Gasteiger partial charge < -0.3 is 4.90 Å². The van der Waals surface area contributed by atoms with Gasteiger partial charge in [-0.3, -0.25) is 0 Å². The Bertz CT molecular complexity index is 343. The summed E-state index contributed by atoms with van der Waals surface area (Å²) in [4.78, 5) is 6.59. The number of hydrogen-bond donors (Lipinski definition) is 0. The Morgan fingerprint density at radius 3 is 3.00 bits per heavy atom. The lowest BCUT2D eigenvalue weighted by Gasteiger charge is -2.18. The minimum atomic E-state index is 0.730. The number of halogens is 2. The number of rotatable bonds is 1. The molecular weight excluding hydrogens is 263 g/mol. The lowest BCUT2D eigenvalue weighted by molar-refractivity contribution is 0.659. The molecule has 0 saturated carbocycles. The van der Waals surface area contributed by atoms with Crippen LogP contribution in [0.2, 0.25) is 5.02 Å². The normalized spacial score (nSPS) is 21.6. The first-order chi connectivity index (χ1) is 6.66. The van der Waals surface area contributed by atoms with Crippen molar-refractivity contribution in [1.82, 2.24) is 4.98 Å². The third kappa shape index (κ3) is 2.04. The molecule has 76 valence electrons. The summed E-state index contributed by atoms with van der Waals surface area (Å²) in [5, 5.41) is 0.730. The lowest BCUT2D eigenvalue weighted by atomic mass is 10.2. The van der Waals surface area contributed by atoms with Gasteiger partial charge in [0.05, 0.1) is 5.02 Å². The van der Waals surface area contributed by atoms with E-state index in [9.17, 15) is 0 Å². The minimum absolute atomic E-state index is 0.730. The predicted octanol–water partition coefficient (Wildman–Crippen LogP) is 3.34. The van der Waals surface area contributed by atoms with Gasteiger partial charge in [-0.25, -0.2) is 4.98 Å². The SMILES string of the molecule is CC1CCN(c2ncc(Br)cc2Cl)C1. The van der Waals surface area contributed by atoms with Crippen molar-refractivity contribution in [2.45, 2.75) is 13.3 Å². The lowest BCUT2D eigenvalue weighted by Crippen LogP contribution is -2.20. The Balaban J connectivity index is 2.24. The van der Waals surface area contributed by atoms with Crippen LogP contribution in [0.1, 0.15) is 13.3 Å². The number of aromatic nitrogens is 1. The van der Waals surface area contributed by atoms with Crippen LogP contribution in [0.4, 0.5) is 5.82 Å². The van der Waals surface area contributed by atoms with Crippen molar-refractivity contribution < 1.29 is 0 Å². The van der Waals surface area contributed by atoms with Crippen LogP contribution in [0.25, 0.3) is 0 Å². The Morgan fingerprint density at radius 2 is 2.43 bits per heavy atom. The molecule has 0 aromatic carbocycles. The van der Waals surface area contributed by atoms with Gasteiger partial charge in [0, 0.05) is 23.8 Å². The fraction of sp³-hybridized carbons (Fsp3) is 0.500. The van der Waals surface area contributed by atoms with Crippen molar-refractivity contribution in [2.75, 3.05) is 18.0 Å². The van der Waals surface area contributed by atoms with Gasteiger partial charge in [-0.1, -0.05) is 18.5 Å². The summed E-state index contributed by atoms with van der Waals surface area (Å²) in [6.07, 6.45) is 3.03. The van der Waals surface area contributed by atoms with Gasteiger partial charge in [-0.15, -0.1) is 0 Å². The first-order valence-electron chi connectivity index (χ1n) is 4.73. The Hall–Kier alpha value is -0.280. The zero-order valence-electron chi connectivity index (χ0n) is 8.00. The standard InChI is InChI=1S/C10H12BrClN2/c1-7-2-3-14(6-7)10-9(12)4-8(11)5-13-10/h4-5,7H,2-3,6H2,1H3. The van der Waals surface area contributed by atoms with Crippen LogP contribution in [0.15, 0.2) is 16.7 Å². The second-order valence-electron chi connectivity index (χ2n) is 3.80. The highest BCUT2D eigenvalue weighted by Crippen LogP contribution is 2.29. The number of pyridine rings is 1. The van der Waals surface area contributed by atoms with Crippen LogP contribution in [0.5, 0.6) is 0 Å². The third-order valence-electron chi connectivity index (χ3n) is 2.51. The van der Waals surface area contributed by atoms with Gasteiger partial charge in [0.2, 0.25) is 0 Å². The van der Waals surface area contributed by atoms with E-state index in [1.165, 1.54) is 6.42 Å². The molecule has 4 heteroatoms. The molecule has 1 aromatic heterocycles. The summed E-state index contributed by atoms with van der Waals surface area (Å²) in [7, 11) is 0. The molecule has 1 fully saturated rings. The molecule has 1 saturated heterocycles. The van der Waals surface area contributed by atoms with Gasteiger partial charge >= 0.3 is 0 Å². The molecule has 2 nitrogen and oxygen atoms in total. The monoisotopic (exact) mass is 274 g/mol. The van der Waals surface area contributed by atoms with Gasteiger partial charge in [-0.05, 0) is 34.3 Å². The molecule has 0 bridgehead atoms. The molecule has 0 aliphatic carbocycles. The maximum absolute atomic E-state index is 6.12. The van der Waals surface area contributed by atoms with Gasteiger partial charge in [0.25, 0.3) is 0 Å². The van der Waals surface area contributed by atoms with Gasteiger partial charge in [-0.2, -0.15) is 0 Å². The third-order valence-corrected chi connectivity index (χ3v) is 3.22. The van der Waals surface area contributed by atoms with Crippen molar-refractivity contribution in [3.05, 3.63) is 21.8 Å². The quantitative estimate of drug-likeness (QED) is 0.781. The van der Waals surface area contributed by atoms with Crippen molar-refractivity contribution in [1.29, 1.82) is 0 Å². The number of anilines is 1. The molecule has 1 aromatic rings. The van der Waals surface area contributed by atoms with Crippen molar-refractivity contribution in [3.8, 4) is 0 Å². The fourth-order valence-corrected chi connectivity index (χ4v) is 2.52. The number of hydrogen-bond acceptors (Lipinski definition) is 2. The Labute approximate surface area is 97.4 Å². The van der Waals surface area contributed by atoms with Gasteiger partial charge in [0.15, 0.2) is 0 Å². The molecule has 1 unspecified atom stereocenters. The molecule has 0 radical (unpaired) electrons. The molecule has 1 atom stereocenters. The van der Waals surface area contributed by atoms with Crippen LogP contribution in [-0.4, -0.2) is 18.1 Å². The van der Waals surface area contributed by atoms with E-state index < -0.39 is 0 Å². The first kappa shape index (κ1) is 10.2. The van der Waals surface area contributed by atoms with E-state index in [4.69, 9.17) is 11.6 Å². The van der Waals surface area contributed by atoms with Crippen molar-refractivity contribution >= 4 is 33.3 Å². The van der Waals surface area contributed by atoms with Crippen LogP contribution in [-0.2, 0) is 0 Å². The molecular formula is C10H12BrClN2. The second kappa shape index (κ2) is 4.07. The van der Waals surface area contributed by atoms with Crippen molar-refractivity contribution in [3.63, 3.8) is 0 Å². The summed E-state index contributed by atoms with van der Waals surface area (Å²) in [5.41, 5.74) is 0. The molecule has 0 N–H and O–H groups in total. The highest BCUT2D eigenvalue weighted by Gasteiger charge is 2.21. The average molecular weight is 276 g/mol. The van der Waals surface area contributed by atoms with E-state index in [-0.39, 0.29) is 0 Å². The summed E-state index contributed by atoms with van der Waals surface area (Å²) in [6.45, 7) is 4.39. The average Bonchev–Trinajstić information content (AvgIpc) is 2.51. The first-order valence-corrected chi connectivity index (χ1v) is 5.90. The maximum Gasteiger partial charge on any atom is 0.147 e. The Kier molecular flexibility index (Phi) is 2.98. The zero-order chi connectivity index (χ0) is 10.1. The molecule has 2 heterocycles. The smallest absolute Gasteiger partial charge is 0.147 e. The van der Waals surface area contributed by atoms with E-state index >= 15 is 0 Å². The summed E-state index contributed by atoms with van der Waals surface area (Å²) < 4.78 is 0.929. The molecule has 1 aliphatic heterocycles. The molecule has 14 heavy (non-hydrogen) atoms. The van der Waals surface area contributed by atoms with E-state index in [0.717, 1.165) is 34.3 Å². The number of nitrogens with zero attached hydrogens (tertiary/aromatic N) is 2. The largest absolute Gasteiger partial charge is 0.355 e. The predicted molar refractivity (Wildman–Crippen MR) is 62.9 cm³/mol. The topological polar surface area (TPSA) is 16.1 Å². The molecule has 2 rings (SSSR count). The second-order valence-corrected chi connectivity index (χ2v) is 5.12. The van der Waals surface area contributed by atoms with E-state index in [1.54, 1.807) is 6.20 Å². The minimum Gasteiger partial charge on any atom is -0.355 e.